The van der Waals surface area contributed by atoms with Gasteiger partial charge in [0.1, 0.15) is 24.4 Å². The molecule has 15 atom stereocenters. The van der Waals surface area contributed by atoms with E-state index in [2.05, 4.69) is 64.2 Å². The number of carbonyl (C=O) groups excluding carboxylic acids is 4. The first kappa shape index (κ1) is 49.8. The number of fused-ring (bicyclic) bond motifs is 2. The maximum absolute atomic E-state index is 12.8. The Kier molecular flexibility index (Phi) is 18.5. The van der Waals surface area contributed by atoms with Crippen molar-refractivity contribution in [1.82, 2.24) is 0 Å². The van der Waals surface area contributed by atoms with Gasteiger partial charge in [-0.1, -0.05) is 98.8 Å². The minimum atomic E-state index is -0.616. The van der Waals surface area contributed by atoms with E-state index in [1.165, 1.54) is 11.1 Å². The smallest absolute Gasteiger partial charge is 0.311 e. The van der Waals surface area contributed by atoms with E-state index in [9.17, 15) is 29.4 Å². The summed E-state index contributed by atoms with van der Waals surface area (Å²) in [5.41, 5.74) is 2.56. The van der Waals surface area contributed by atoms with Crippen LogP contribution in [0.15, 0.2) is 47.6 Å². The molecule has 0 aromatic heterocycles. The molecule has 2 heterocycles. The number of allylic oxidation sites excluding steroid dienone is 6. The number of rotatable bonds is 15. The van der Waals surface area contributed by atoms with Crippen molar-refractivity contribution in [1.29, 1.82) is 0 Å². The zero-order valence-corrected chi connectivity index (χ0v) is 39.3. The van der Waals surface area contributed by atoms with Crippen molar-refractivity contribution >= 4 is 23.9 Å². The van der Waals surface area contributed by atoms with Crippen LogP contribution in [-0.4, -0.2) is 70.7 Å². The highest BCUT2D eigenvalue weighted by Crippen LogP contribution is 2.47. The highest BCUT2D eigenvalue weighted by atomic mass is 16.6. The second-order valence-electron chi connectivity index (χ2n) is 19.8. The van der Waals surface area contributed by atoms with Gasteiger partial charge in [0.15, 0.2) is 0 Å². The van der Waals surface area contributed by atoms with Crippen LogP contribution in [0.2, 0.25) is 0 Å². The van der Waals surface area contributed by atoms with Gasteiger partial charge in [-0.3, -0.25) is 19.2 Å². The van der Waals surface area contributed by atoms with E-state index < -0.39 is 18.1 Å². The average Bonchev–Trinajstić information content (AvgIpc) is 3.21. The van der Waals surface area contributed by atoms with Crippen LogP contribution in [0, 0.1) is 65.1 Å². The second kappa shape index (κ2) is 23.1. The fourth-order valence-corrected chi connectivity index (χ4v) is 11.5. The monoisotopic (exact) mass is 865 g/mol. The fraction of sp³-hybridized carbons (Fsp3) is 0.769. The Morgan fingerprint density at radius 1 is 0.661 bits per heavy atom. The number of ether oxygens (including phenoxy) is 4. The van der Waals surface area contributed by atoms with Crippen LogP contribution in [0.5, 0.6) is 0 Å². The van der Waals surface area contributed by atoms with Gasteiger partial charge in [-0.15, -0.1) is 0 Å². The van der Waals surface area contributed by atoms with Crippen LogP contribution >= 0.6 is 0 Å². The van der Waals surface area contributed by atoms with Crippen molar-refractivity contribution in [3.8, 4) is 0 Å². The highest BCUT2D eigenvalue weighted by molar-refractivity contribution is 5.74. The van der Waals surface area contributed by atoms with Crippen molar-refractivity contribution in [2.24, 2.45) is 65.1 Å². The van der Waals surface area contributed by atoms with Gasteiger partial charge in [0.25, 0.3) is 0 Å². The Morgan fingerprint density at radius 3 is 1.52 bits per heavy atom. The van der Waals surface area contributed by atoms with Crippen molar-refractivity contribution in [2.45, 2.75) is 189 Å². The maximum atomic E-state index is 12.8. The number of carbonyl (C=O) groups is 4. The molecule has 348 valence electrons. The highest BCUT2D eigenvalue weighted by Gasteiger charge is 2.45. The van der Waals surface area contributed by atoms with Crippen molar-refractivity contribution < 1.29 is 48.3 Å². The third kappa shape index (κ3) is 12.5. The molecule has 0 aromatic carbocycles. The molecule has 10 heteroatoms. The molecule has 0 aromatic rings. The number of cyclic esters (lactones) is 2. The van der Waals surface area contributed by atoms with Gasteiger partial charge in [0.2, 0.25) is 0 Å². The lowest BCUT2D eigenvalue weighted by atomic mass is 9.65. The first-order chi connectivity index (χ1) is 29.6. The average molecular weight is 865 g/mol. The molecule has 0 amide bonds. The summed E-state index contributed by atoms with van der Waals surface area (Å²) in [5, 5.41) is 20.3. The van der Waals surface area contributed by atoms with Gasteiger partial charge < -0.3 is 29.2 Å². The van der Waals surface area contributed by atoms with Crippen LogP contribution in [0.1, 0.15) is 152 Å². The zero-order chi connectivity index (χ0) is 45.2. The lowest BCUT2D eigenvalue weighted by molar-refractivity contribution is -0.171. The first-order valence-electron chi connectivity index (χ1n) is 24.6. The van der Waals surface area contributed by atoms with Crippen LogP contribution < -0.4 is 0 Å². The Hall–Kier alpha value is -3.24. The molecule has 10 nitrogen and oxygen atoms in total. The van der Waals surface area contributed by atoms with Crippen LogP contribution in [0.3, 0.4) is 0 Å². The zero-order valence-electron chi connectivity index (χ0n) is 39.3. The molecule has 0 bridgehead atoms. The number of aliphatic hydroxyl groups is 2. The predicted octanol–water partition coefficient (Wildman–Crippen LogP) is 9.81. The number of aliphatic hydroxyl groups excluding tert-OH is 2. The topological polar surface area (TPSA) is 146 Å². The molecule has 1 unspecified atom stereocenters. The maximum Gasteiger partial charge on any atom is 0.311 e. The quantitative estimate of drug-likeness (QED) is 0.121. The molecule has 0 radical (unpaired) electrons. The summed E-state index contributed by atoms with van der Waals surface area (Å²) in [5.74, 6) is 1.30. The predicted molar refractivity (Wildman–Crippen MR) is 240 cm³/mol. The molecule has 2 saturated heterocycles. The van der Waals surface area contributed by atoms with Crippen LogP contribution in [-0.2, 0) is 38.1 Å². The van der Waals surface area contributed by atoms with E-state index in [4.69, 9.17) is 18.9 Å². The van der Waals surface area contributed by atoms with E-state index >= 15 is 0 Å². The van der Waals surface area contributed by atoms with Gasteiger partial charge in [-0.25, -0.2) is 0 Å². The molecular weight excluding hydrogens is 785 g/mol. The first-order valence-corrected chi connectivity index (χ1v) is 24.6. The van der Waals surface area contributed by atoms with E-state index in [0.29, 0.717) is 54.8 Å². The molecule has 0 spiro atoms. The fourth-order valence-electron chi connectivity index (χ4n) is 11.5. The molecular formula is C52H80O10. The third-order valence-electron chi connectivity index (χ3n) is 15.2. The summed E-state index contributed by atoms with van der Waals surface area (Å²) in [7, 11) is 0. The number of esters is 4. The van der Waals surface area contributed by atoms with Crippen molar-refractivity contribution in [2.75, 3.05) is 0 Å². The van der Waals surface area contributed by atoms with E-state index in [0.717, 1.165) is 64.2 Å². The molecule has 2 fully saturated rings. The minimum absolute atomic E-state index is 0.0344. The summed E-state index contributed by atoms with van der Waals surface area (Å²) in [4.78, 5) is 49.6. The SMILES string of the molecule is CCC(CC)C(=O)O[C@H]1C[C@@H](C)C=C2C=C[C@H](C)[C@H](CC[C@@H]3C[C@@H](O)C(CC)C(=O)O3)[C@H]21.CCC(CC)C(=O)O[C@H]1C[C@@H](C)C=C2C=C[C@H](C)[C@H](CC[C@@H]3C[C@@H](O)CC(=O)O3)[C@H]21. The standard InChI is InChI=1S/C27H42O5.C25H38O5/c1-6-18(7-2)26(29)32-24-14-16(4)13-19-10-9-17(5)22(25(19)24)12-11-20-15-23(28)21(8-3)27(30)31-20;1-5-17(6-2)25(28)30-22-12-15(3)11-18-8-7-16(4)21(24(18)22)10-9-20-13-19(26)14-23(27)29-20/h9-10,13,16-18,20-25,28H,6-8,11-12,14-15H2,1-5H3;7-8,11,15-17,19-22,24,26H,5-6,9-10,12-14H2,1-4H3/t16-,17-,20+,21?,22-,23+,24-,25-;15-,16-,19+,20+,21-,22-,24-/m00/s1. The van der Waals surface area contributed by atoms with Gasteiger partial charge in [-0.2, -0.15) is 0 Å². The Morgan fingerprint density at radius 2 is 1.11 bits per heavy atom. The molecule has 6 rings (SSSR count). The van der Waals surface area contributed by atoms with Gasteiger partial charge in [-0.05, 0) is 117 Å². The molecule has 2 N–H and O–H groups in total. The molecule has 0 saturated carbocycles. The lowest BCUT2D eigenvalue weighted by Gasteiger charge is -2.43. The summed E-state index contributed by atoms with van der Waals surface area (Å²) in [6.07, 6.45) is 21.6. The van der Waals surface area contributed by atoms with Gasteiger partial charge in [0, 0.05) is 24.7 Å². The molecule has 62 heavy (non-hydrogen) atoms. The van der Waals surface area contributed by atoms with E-state index in [1.807, 2.05) is 34.6 Å². The Labute approximate surface area is 372 Å². The summed E-state index contributed by atoms with van der Waals surface area (Å²) >= 11 is 0. The number of hydrogen-bond acceptors (Lipinski definition) is 10. The molecule has 4 aliphatic carbocycles. The van der Waals surface area contributed by atoms with E-state index in [-0.39, 0.29) is 78.4 Å². The summed E-state index contributed by atoms with van der Waals surface area (Å²) < 4.78 is 23.5. The third-order valence-corrected chi connectivity index (χ3v) is 15.2. The van der Waals surface area contributed by atoms with Crippen molar-refractivity contribution in [3.63, 3.8) is 0 Å². The van der Waals surface area contributed by atoms with Crippen LogP contribution in [0.4, 0.5) is 0 Å². The lowest BCUT2D eigenvalue weighted by Crippen LogP contribution is -2.43. The normalized spacial score (nSPS) is 36.6. The minimum Gasteiger partial charge on any atom is -0.462 e. The largest absolute Gasteiger partial charge is 0.462 e. The van der Waals surface area contributed by atoms with Crippen molar-refractivity contribution in [3.05, 3.63) is 47.6 Å². The van der Waals surface area contributed by atoms with Gasteiger partial charge >= 0.3 is 23.9 Å². The Balaban J connectivity index is 0.000000235. The second-order valence-corrected chi connectivity index (χ2v) is 19.8. The van der Waals surface area contributed by atoms with Gasteiger partial charge in [0.05, 0.1) is 36.4 Å². The van der Waals surface area contributed by atoms with E-state index in [1.54, 1.807) is 0 Å². The number of hydrogen-bond donors (Lipinski definition) is 2. The molecule has 6 aliphatic rings. The van der Waals surface area contributed by atoms with Crippen LogP contribution in [0.25, 0.3) is 0 Å². The molecule has 2 aliphatic heterocycles. The summed E-state index contributed by atoms with van der Waals surface area (Å²) in [6, 6.07) is 0. The summed E-state index contributed by atoms with van der Waals surface area (Å²) in [6.45, 7) is 18.9. The Bertz CT molecular complexity index is 1640.